The third-order valence-corrected chi connectivity index (χ3v) is 9.95. The number of amides is 4. The van der Waals surface area contributed by atoms with E-state index in [2.05, 4.69) is 21.3 Å². The van der Waals surface area contributed by atoms with Gasteiger partial charge in [0.2, 0.25) is 5.91 Å². The van der Waals surface area contributed by atoms with Crippen molar-refractivity contribution >= 4 is 75.1 Å². The van der Waals surface area contributed by atoms with Crippen molar-refractivity contribution in [2.45, 2.75) is 11.8 Å². The van der Waals surface area contributed by atoms with Crippen LogP contribution < -0.4 is 30.7 Å². The van der Waals surface area contributed by atoms with Gasteiger partial charge in [-0.15, -0.1) is 23.1 Å². The summed E-state index contributed by atoms with van der Waals surface area (Å²) in [5, 5.41) is 11.3. The summed E-state index contributed by atoms with van der Waals surface area (Å²) in [6.07, 6.45) is 1.49. The molecule has 0 atom stereocenters. The Hall–Kier alpha value is -6.38. The first-order valence-electron chi connectivity index (χ1n) is 16.3. The molecule has 1 aromatic heterocycles. The van der Waals surface area contributed by atoms with Crippen LogP contribution in [0.15, 0.2) is 114 Å². The molecule has 12 nitrogen and oxygen atoms in total. The number of methoxy groups -OCH3 is 3. The quantitative estimate of drug-likeness (QED) is 0.0519. The molecule has 54 heavy (non-hydrogen) atoms. The van der Waals surface area contributed by atoms with Crippen LogP contribution in [0.25, 0.3) is 6.08 Å². The van der Waals surface area contributed by atoms with Crippen molar-refractivity contribution < 1.29 is 38.2 Å². The maximum Gasteiger partial charge on any atom is 0.341 e. The van der Waals surface area contributed by atoms with Crippen LogP contribution in [-0.4, -0.2) is 56.7 Å². The van der Waals surface area contributed by atoms with E-state index in [1.165, 1.54) is 39.2 Å². The number of para-hydroxylation sites is 2. The Kier molecular flexibility index (Phi) is 13.2. The number of hydrogen-bond donors (Lipinski definition) is 4. The van der Waals surface area contributed by atoms with Crippen LogP contribution in [0, 0.1) is 6.92 Å². The molecule has 0 aliphatic carbocycles. The lowest BCUT2D eigenvalue weighted by atomic mass is 10.1. The standard InChI is InChI=1S/C40H36N4O8S2/c1-24-33(40(49)52-4)39(54-35(24)38(48)41-27-16-9-6-10-17-27)44-32(45)23-53-29-19-12-18-28(22-29)42-37(47)30(43-36(46)25-13-7-5-8-14-25)21-26-15-11-20-31(50-2)34(26)51-3/h5-22H,23H2,1-4H3,(H,41,48)(H,42,47)(H,43,46)(H,44,45)/b30-21+. The fraction of sp³-hybridized carbons (Fsp3) is 0.125. The number of thioether (sulfide) groups is 1. The number of carbonyl (C=O) groups excluding carboxylic acids is 5. The van der Waals surface area contributed by atoms with E-state index in [4.69, 9.17) is 14.2 Å². The Balaban J connectivity index is 1.30. The number of carbonyl (C=O) groups is 5. The molecule has 4 aromatic carbocycles. The Morgan fingerprint density at radius 2 is 1.43 bits per heavy atom. The maximum absolute atomic E-state index is 13.7. The molecule has 0 bridgehead atoms. The third-order valence-electron chi connectivity index (χ3n) is 7.75. The van der Waals surface area contributed by atoms with Gasteiger partial charge in [0.05, 0.1) is 37.5 Å². The number of anilines is 3. The molecule has 4 amide bonds. The van der Waals surface area contributed by atoms with E-state index >= 15 is 0 Å². The van der Waals surface area contributed by atoms with Gasteiger partial charge in [-0.1, -0.05) is 54.6 Å². The van der Waals surface area contributed by atoms with E-state index in [1.54, 1.807) is 104 Å². The molecule has 5 aromatic rings. The largest absolute Gasteiger partial charge is 0.493 e. The number of benzene rings is 4. The number of thiophene rings is 1. The fourth-order valence-electron chi connectivity index (χ4n) is 5.17. The monoisotopic (exact) mass is 764 g/mol. The topological polar surface area (TPSA) is 161 Å². The number of ether oxygens (including phenoxy) is 3. The summed E-state index contributed by atoms with van der Waals surface area (Å²) in [5.41, 5.74) is 2.25. The van der Waals surface area contributed by atoms with Crippen molar-refractivity contribution in [2.24, 2.45) is 0 Å². The van der Waals surface area contributed by atoms with E-state index in [0.717, 1.165) is 11.3 Å². The number of esters is 1. The van der Waals surface area contributed by atoms with E-state index in [1.807, 2.05) is 6.07 Å². The fourth-order valence-corrected chi connectivity index (χ4v) is 7.03. The molecular weight excluding hydrogens is 729 g/mol. The van der Waals surface area contributed by atoms with Gasteiger partial charge in [0.25, 0.3) is 17.7 Å². The normalized spacial score (nSPS) is 10.9. The van der Waals surface area contributed by atoms with Crippen molar-refractivity contribution in [3.05, 3.63) is 136 Å². The summed E-state index contributed by atoms with van der Waals surface area (Å²) in [4.78, 5) is 66.7. The molecule has 0 unspecified atom stereocenters. The first-order valence-corrected chi connectivity index (χ1v) is 18.1. The van der Waals surface area contributed by atoms with Crippen LogP contribution in [0.5, 0.6) is 11.5 Å². The molecule has 14 heteroatoms. The van der Waals surface area contributed by atoms with Gasteiger partial charge in [-0.2, -0.15) is 0 Å². The number of nitrogens with one attached hydrogen (secondary N) is 4. The summed E-state index contributed by atoms with van der Waals surface area (Å²) >= 11 is 2.16. The predicted octanol–water partition coefficient (Wildman–Crippen LogP) is 7.25. The minimum atomic E-state index is -0.688. The zero-order valence-corrected chi connectivity index (χ0v) is 31.3. The molecule has 5 rings (SSSR count). The molecule has 4 N–H and O–H groups in total. The smallest absolute Gasteiger partial charge is 0.341 e. The molecule has 0 saturated heterocycles. The summed E-state index contributed by atoms with van der Waals surface area (Å²) in [7, 11) is 4.20. The summed E-state index contributed by atoms with van der Waals surface area (Å²) in [6, 6.07) is 29.3. The van der Waals surface area contributed by atoms with Crippen molar-refractivity contribution in [1.82, 2.24) is 5.32 Å². The highest BCUT2D eigenvalue weighted by Crippen LogP contribution is 2.35. The van der Waals surface area contributed by atoms with Crippen molar-refractivity contribution in [1.29, 1.82) is 0 Å². The van der Waals surface area contributed by atoms with Crippen LogP contribution in [-0.2, 0) is 14.3 Å². The van der Waals surface area contributed by atoms with E-state index in [9.17, 15) is 24.0 Å². The highest BCUT2D eigenvalue weighted by molar-refractivity contribution is 8.00. The summed E-state index contributed by atoms with van der Waals surface area (Å²) in [5.74, 6) is -1.90. The van der Waals surface area contributed by atoms with Gasteiger partial charge in [-0.3, -0.25) is 19.2 Å². The Morgan fingerprint density at radius 3 is 2.11 bits per heavy atom. The minimum absolute atomic E-state index is 0.0580. The molecule has 0 aliphatic rings. The maximum atomic E-state index is 13.7. The Morgan fingerprint density at radius 1 is 0.741 bits per heavy atom. The van der Waals surface area contributed by atoms with Crippen LogP contribution in [0.2, 0.25) is 0 Å². The second-order valence-corrected chi connectivity index (χ2v) is 13.4. The van der Waals surface area contributed by atoms with E-state index in [0.29, 0.717) is 44.5 Å². The first kappa shape index (κ1) is 38.8. The molecule has 0 aliphatic heterocycles. The van der Waals surface area contributed by atoms with Crippen molar-refractivity contribution in [3.63, 3.8) is 0 Å². The van der Waals surface area contributed by atoms with Crippen molar-refractivity contribution in [2.75, 3.05) is 43.0 Å². The second-order valence-electron chi connectivity index (χ2n) is 11.4. The average Bonchev–Trinajstić information content (AvgIpc) is 3.51. The predicted molar refractivity (Wildman–Crippen MR) is 211 cm³/mol. The molecular formula is C40H36N4O8S2. The SMILES string of the molecule is COC(=O)c1c(NC(=O)CSc2cccc(NC(=O)/C(=C\c3cccc(OC)c3OC)NC(=O)c3ccccc3)c2)sc(C(=O)Nc2ccccc2)c1C. The van der Waals surface area contributed by atoms with Crippen LogP contribution >= 0.6 is 23.1 Å². The number of rotatable bonds is 14. The molecule has 0 saturated carbocycles. The lowest BCUT2D eigenvalue weighted by Gasteiger charge is -2.14. The van der Waals surface area contributed by atoms with Gasteiger partial charge < -0.3 is 35.5 Å². The minimum Gasteiger partial charge on any atom is -0.493 e. The van der Waals surface area contributed by atoms with Crippen LogP contribution in [0.4, 0.5) is 16.4 Å². The molecule has 276 valence electrons. The molecule has 0 fully saturated rings. The van der Waals surface area contributed by atoms with Crippen LogP contribution in [0.3, 0.4) is 0 Å². The number of hydrogen-bond acceptors (Lipinski definition) is 10. The average molecular weight is 765 g/mol. The van der Waals surface area contributed by atoms with Gasteiger partial charge in [0, 0.05) is 27.4 Å². The highest BCUT2D eigenvalue weighted by atomic mass is 32.2. The molecule has 0 spiro atoms. The van der Waals surface area contributed by atoms with Crippen LogP contribution in [0.1, 0.15) is 41.5 Å². The van der Waals surface area contributed by atoms with E-state index in [-0.39, 0.29) is 26.9 Å². The van der Waals surface area contributed by atoms with E-state index < -0.39 is 29.6 Å². The van der Waals surface area contributed by atoms with Gasteiger partial charge in [0.1, 0.15) is 10.7 Å². The van der Waals surface area contributed by atoms with Gasteiger partial charge in [-0.25, -0.2) is 4.79 Å². The van der Waals surface area contributed by atoms with Crippen molar-refractivity contribution in [3.8, 4) is 11.5 Å². The van der Waals surface area contributed by atoms with Gasteiger partial charge in [-0.05, 0) is 67.1 Å². The summed E-state index contributed by atoms with van der Waals surface area (Å²) in [6.45, 7) is 1.62. The Bertz CT molecular complexity index is 2200. The Labute approximate surface area is 319 Å². The van der Waals surface area contributed by atoms with Gasteiger partial charge >= 0.3 is 5.97 Å². The second kappa shape index (κ2) is 18.4. The zero-order valence-electron chi connectivity index (χ0n) is 29.7. The summed E-state index contributed by atoms with van der Waals surface area (Å²) < 4.78 is 15.9. The highest BCUT2D eigenvalue weighted by Gasteiger charge is 2.26. The molecule has 1 heterocycles. The zero-order chi connectivity index (χ0) is 38.6. The lowest BCUT2D eigenvalue weighted by Crippen LogP contribution is -2.30. The lowest BCUT2D eigenvalue weighted by molar-refractivity contribution is -0.114. The van der Waals surface area contributed by atoms with Gasteiger partial charge in [0.15, 0.2) is 11.5 Å². The first-order chi connectivity index (χ1) is 26.1. The third kappa shape index (κ3) is 9.73. The molecule has 0 radical (unpaired) electrons.